The minimum atomic E-state index is -0.577. The van der Waals surface area contributed by atoms with E-state index in [2.05, 4.69) is 5.32 Å². The first-order chi connectivity index (χ1) is 7.43. The fraction of sp³-hybridized carbons (Fsp3) is 0.364. The van der Waals surface area contributed by atoms with Gasteiger partial charge in [0, 0.05) is 0 Å². The molecule has 0 bridgehead atoms. The highest BCUT2D eigenvalue weighted by Crippen LogP contribution is 2.29. The Hall–Kier alpha value is -0.770. The van der Waals surface area contributed by atoms with Crippen molar-refractivity contribution in [1.82, 2.24) is 0 Å². The van der Waals surface area contributed by atoms with Crippen LogP contribution in [0.15, 0.2) is 18.2 Å². The minimum Gasteiger partial charge on any atom is -0.322 e. The Balaban J connectivity index is 2.85. The average molecular weight is 261 g/mol. The lowest BCUT2D eigenvalue weighted by atomic mass is 10.0. The molecule has 5 heteroatoms. The van der Waals surface area contributed by atoms with Gasteiger partial charge in [0.05, 0.1) is 21.8 Å². The van der Waals surface area contributed by atoms with E-state index in [0.717, 1.165) is 0 Å². The van der Waals surface area contributed by atoms with Gasteiger partial charge in [0.2, 0.25) is 5.91 Å². The number of benzene rings is 1. The van der Waals surface area contributed by atoms with Crippen LogP contribution in [0.2, 0.25) is 10.0 Å². The molecule has 1 amide bonds. The second-order valence-electron chi connectivity index (χ2n) is 3.86. The van der Waals surface area contributed by atoms with Crippen LogP contribution >= 0.6 is 23.2 Å². The molecule has 0 saturated carbocycles. The van der Waals surface area contributed by atoms with Gasteiger partial charge >= 0.3 is 0 Å². The van der Waals surface area contributed by atoms with Gasteiger partial charge in [-0.15, -0.1) is 0 Å². The van der Waals surface area contributed by atoms with Gasteiger partial charge in [-0.3, -0.25) is 4.79 Å². The zero-order valence-corrected chi connectivity index (χ0v) is 10.6. The minimum absolute atomic E-state index is 0.0567. The van der Waals surface area contributed by atoms with E-state index in [1.165, 1.54) is 0 Å². The van der Waals surface area contributed by atoms with Crippen LogP contribution in [-0.2, 0) is 4.79 Å². The molecule has 3 nitrogen and oxygen atoms in total. The molecule has 1 atom stereocenters. The van der Waals surface area contributed by atoms with E-state index in [4.69, 9.17) is 28.9 Å². The van der Waals surface area contributed by atoms with Crippen LogP contribution in [-0.4, -0.2) is 11.9 Å². The van der Waals surface area contributed by atoms with Crippen LogP contribution < -0.4 is 11.1 Å². The van der Waals surface area contributed by atoms with Gasteiger partial charge < -0.3 is 11.1 Å². The van der Waals surface area contributed by atoms with E-state index in [9.17, 15) is 4.79 Å². The van der Waals surface area contributed by atoms with Crippen LogP contribution in [0, 0.1) is 5.92 Å². The standard InChI is InChI=1S/C11H14Cl2N2O/c1-6(2)9(14)11(16)15-10-7(12)4-3-5-8(10)13/h3-6,9H,14H2,1-2H3,(H,15,16)/t9-/m1/s1. The lowest BCUT2D eigenvalue weighted by Gasteiger charge is -2.16. The van der Waals surface area contributed by atoms with Gasteiger partial charge in [-0.2, -0.15) is 0 Å². The molecular weight excluding hydrogens is 247 g/mol. The summed E-state index contributed by atoms with van der Waals surface area (Å²) in [6.07, 6.45) is 0. The topological polar surface area (TPSA) is 55.1 Å². The van der Waals surface area contributed by atoms with Crippen molar-refractivity contribution >= 4 is 34.8 Å². The second-order valence-corrected chi connectivity index (χ2v) is 4.67. The first-order valence-electron chi connectivity index (χ1n) is 4.94. The molecule has 0 saturated heterocycles. The fourth-order valence-electron chi connectivity index (χ4n) is 1.13. The first-order valence-corrected chi connectivity index (χ1v) is 5.69. The van der Waals surface area contributed by atoms with E-state index in [0.29, 0.717) is 15.7 Å². The zero-order chi connectivity index (χ0) is 12.3. The second kappa shape index (κ2) is 5.53. The maximum atomic E-state index is 11.7. The van der Waals surface area contributed by atoms with Gasteiger partial charge in [0.1, 0.15) is 0 Å². The zero-order valence-electron chi connectivity index (χ0n) is 9.13. The molecule has 16 heavy (non-hydrogen) atoms. The first kappa shape index (κ1) is 13.3. The average Bonchev–Trinajstić information content (AvgIpc) is 2.22. The number of anilines is 1. The predicted molar refractivity (Wildman–Crippen MR) is 67.9 cm³/mol. The summed E-state index contributed by atoms with van der Waals surface area (Å²) in [5, 5.41) is 3.43. The summed E-state index contributed by atoms with van der Waals surface area (Å²) < 4.78 is 0. The van der Waals surface area contributed by atoms with Crippen LogP contribution in [0.3, 0.4) is 0 Å². The van der Waals surface area contributed by atoms with Gasteiger partial charge in [0.15, 0.2) is 0 Å². The number of hydrogen-bond acceptors (Lipinski definition) is 2. The monoisotopic (exact) mass is 260 g/mol. The van der Waals surface area contributed by atoms with Crippen LogP contribution in [0.1, 0.15) is 13.8 Å². The summed E-state index contributed by atoms with van der Waals surface area (Å²) in [6.45, 7) is 3.75. The highest BCUT2D eigenvalue weighted by Gasteiger charge is 2.19. The van der Waals surface area contributed by atoms with Crippen molar-refractivity contribution in [2.24, 2.45) is 11.7 Å². The molecule has 0 heterocycles. The number of rotatable bonds is 3. The number of amides is 1. The summed E-state index contributed by atoms with van der Waals surface area (Å²) in [5.41, 5.74) is 6.12. The molecule has 0 spiro atoms. The number of carbonyl (C=O) groups excluding carboxylic acids is 1. The SMILES string of the molecule is CC(C)[C@@H](N)C(=O)Nc1c(Cl)cccc1Cl. The summed E-state index contributed by atoms with van der Waals surface area (Å²) in [5.74, 6) is -0.230. The summed E-state index contributed by atoms with van der Waals surface area (Å²) in [4.78, 5) is 11.7. The van der Waals surface area contributed by atoms with Gasteiger partial charge in [-0.05, 0) is 18.1 Å². The van der Waals surface area contributed by atoms with Crippen molar-refractivity contribution in [2.45, 2.75) is 19.9 Å². The van der Waals surface area contributed by atoms with Crippen molar-refractivity contribution in [3.63, 3.8) is 0 Å². The fourth-order valence-corrected chi connectivity index (χ4v) is 1.62. The quantitative estimate of drug-likeness (QED) is 0.878. The normalized spacial score (nSPS) is 12.6. The summed E-state index contributed by atoms with van der Waals surface area (Å²) in [7, 11) is 0. The lowest BCUT2D eigenvalue weighted by Crippen LogP contribution is -2.39. The van der Waals surface area contributed by atoms with Crippen LogP contribution in [0.25, 0.3) is 0 Å². The maximum Gasteiger partial charge on any atom is 0.241 e. The van der Waals surface area contributed by atoms with Crippen molar-refractivity contribution in [3.8, 4) is 0 Å². The highest BCUT2D eigenvalue weighted by molar-refractivity contribution is 6.39. The number of nitrogens with one attached hydrogen (secondary N) is 1. The molecule has 0 unspecified atom stereocenters. The number of hydrogen-bond donors (Lipinski definition) is 2. The van der Waals surface area contributed by atoms with Crippen molar-refractivity contribution in [3.05, 3.63) is 28.2 Å². The number of nitrogens with two attached hydrogens (primary N) is 1. The van der Waals surface area contributed by atoms with E-state index in [-0.39, 0.29) is 11.8 Å². The van der Waals surface area contributed by atoms with Crippen LogP contribution in [0.5, 0.6) is 0 Å². The summed E-state index contributed by atoms with van der Waals surface area (Å²) >= 11 is 11.8. The van der Waals surface area contributed by atoms with Crippen LogP contribution in [0.4, 0.5) is 5.69 Å². The van der Waals surface area contributed by atoms with Crippen molar-refractivity contribution in [2.75, 3.05) is 5.32 Å². The molecule has 0 aliphatic rings. The Labute approximate surface area is 105 Å². The Bertz CT molecular complexity index is 373. The lowest BCUT2D eigenvalue weighted by molar-refractivity contribution is -0.118. The molecule has 0 radical (unpaired) electrons. The smallest absolute Gasteiger partial charge is 0.241 e. The van der Waals surface area contributed by atoms with Gasteiger partial charge in [0.25, 0.3) is 0 Å². The van der Waals surface area contributed by atoms with E-state index in [1.54, 1.807) is 18.2 Å². The molecular formula is C11H14Cl2N2O. The molecule has 1 aromatic rings. The molecule has 1 rings (SSSR count). The molecule has 3 N–H and O–H groups in total. The maximum absolute atomic E-state index is 11.7. The van der Waals surface area contributed by atoms with Gasteiger partial charge in [-0.25, -0.2) is 0 Å². The Kier molecular flexibility index (Phi) is 4.59. The Morgan fingerprint density at radius 1 is 1.31 bits per heavy atom. The Morgan fingerprint density at radius 2 is 1.81 bits per heavy atom. The third-order valence-corrected chi connectivity index (χ3v) is 2.86. The van der Waals surface area contributed by atoms with E-state index < -0.39 is 6.04 Å². The molecule has 0 aliphatic carbocycles. The molecule has 0 fully saturated rings. The number of carbonyl (C=O) groups is 1. The predicted octanol–water partition coefficient (Wildman–Crippen LogP) is 2.92. The molecule has 1 aromatic carbocycles. The Morgan fingerprint density at radius 3 is 2.25 bits per heavy atom. The molecule has 0 aliphatic heterocycles. The third-order valence-electron chi connectivity index (χ3n) is 2.23. The molecule has 0 aromatic heterocycles. The van der Waals surface area contributed by atoms with E-state index >= 15 is 0 Å². The number of para-hydroxylation sites is 1. The van der Waals surface area contributed by atoms with Crippen molar-refractivity contribution in [1.29, 1.82) is 0 Å². The van der Waals surface area contributed by atoms with E-state index in [1.807, 2.05) is 13.8 Å². The largest absolute Gasteiger partial charge is 0.322 e. The van der Waals surface area contributed by atoms with Gasteiger partial charge in [-0.1, -0.05) is 43.1 Å². The molecule has 88 valence electrons. The summed E-state index contributed by atoms with van der Waals surface area (Å²) in [6, 6.07) is 4.45. The highest BCUT2D eigenvalue weighted by atomic mass is 35.5. The van der Waals surface area contributed by atoms with Crippen molar-refractivity contribution < 1.29 is 4.79 Å². The number of halogens is 2. The third kappa shape index (κ3) is 3.11.